The van der Waals surface area contributed by atoms with Crippen molar-refractivity contribution < 1.29 is 19.7 Å². The molecule has 0 spiro atoms. The second-order valence-electron chi connectivity index (χ2n) is 8.24. The Labute approximate surface area is 185 Å². The van der Waals surface area contributed by atoms with Gasteiger partial charge in [-0.15, -0.1) is 0 Å². The Balaban J connectivity index is 1.53. The van der Waals surface area contributed by atoms with Crippen LogP contribution >= 0.6 is 0 Å². The Morgan fingerprint density at radius 2 is 1.78 bits per heavy atom. The van der Waals surface area contributed by atoms with Crippen LogP contribution in [-0.2, 0) is 9.53 Å². The Hall–Kier alpha value is -3.24. The number of carboxylic acid groups (broad SMARTS) is 1. The van der Waals surface area contributed by atoms with Gasteiger partial charge in [-0.2, -0.15) is 5.10 Å². The van der Waals surface area contributed by atoms with E-state index in [1.807, 2.05) is 27.9 Å². The lowest BCUT2D eigenvalue weighted by molar-refractivity contribution is -0.138. The number of piperidine rings is 1. The summed E-state index contributed by atoms with van der Waals surface area (Å²) in [5.74, 6) is 0.829. The molecule has 0 aliphatic carbocycles. The molecule has 2 aliphatic rings. The zero-order chi connectivity index (χ0) is 22.1. The molecule has 0 saturated carbocycles. The van der Waals surface area contributed by atoms with Crippen LogP contribution in [0.5, 0.6) is 5.75 Å². The second kappa shape index (κ2) is 8.71. The van der Waals surface area contributed by atoms with Crippen LogP contribution in [0.25, 0.3) is 22.4 Å². The van der Waals surface area contributed by atoms with Gasteiger partial charge in [-0.1, -0.05) is 0 Å². The van der Waals surface area contributed by atoms with Gasteiger partial charge in [0.2, 0.25) is 0 Å². The molecule has 0 unspecified atom stereocenters. The van der Waals surface area contributed by atoms with Gasteiger partial charge in [0.15, 0.2) is 11.5 Å². The predicted octanol–water partition coefficient (Wildman–Crippen LogP) is 1.76. The number of anilines is 1. The number of aromatic nitrogens is 4. The number of aromatic hydroxyl groups is 1. The van der Waals surface area contributed by atoms with Crippen LogP contribution in [0.2, 0.25) is 0 Å². The lowest BCUT2D eigenvalue weighted by atomic mass is 10.1. The molecule has 1 aromatic carbocycles. The zero-order valence-corrected chi connectivity index (χ0v) is 17.7. The number of hydrogen-bond donors (Lipinski definition) is 2. The Morgan fingerprint density at radius 3 is 2.47 bits per heavy atom. The Morgan fingerprint density at radius 1 is 1.06 bits per heavy atom. The van der Waals surface area contributed by atoms with Crippen molar-refractivity contribution in [3.05, 3.63) is 30.5 Å². The quantitative estimate of drug-likeness (QED) is 0.614. The van der Waals surface area contributed by atoms with Crippen molar-refractivity contribution in [3.63, 3.8) is 0 Å². The van der Waals surface area contributed by atoms with Gasteiger partial charge in [-0.25, -0.2) is 14.6 Å². The number of morpholine rings is 1. The molecule has 2 aliphatic heterocycles. The van der Waals surface area contributed by atoms with Crippen molar-refractivity contribution >= 4 is 22.8 Å². The number of phenolic OH excluding ortho intramolecular Hbond substituents is 1. The van der Waals surface area contributed by atoms with E-state index in [0.29, 0.717) is 32.1 Å². The number of likely N-dealkylation sites (tertiary alicyclic amines) is 1. The second-order valence-corrected chi connectivity index (χ2v) is 8.24. The summed E-state index contributed by atoms with van der Waals surface area (Å²) in [6, 6.07) is 7.03. The van der Waals surface area contributed by atoms with Crippen LogP contribution in [0.15, 0.2) is 30.5 Å². The number of carbonyl (C=O) groups is 1. The van der Waals surface area contributed by atoms with Crippen molar-refractivity contribution in [2.24, 2.45) is 0 Å². The molecular weight excluding hydrogens is 412 g/mol. The molecule has 2 saturated heterocycles. The summed E-state index contributed by atoms with van der Waals surface area (Å²) in [5, 5.41) is 24.3. The number of fused-ring (bicyclic) bond motifs is 1. The summed E-state index contributed by atoms with van der Waals surface area (Å²) in [6.45, 7) is 4.29. The molecule has 10 heteroatoms. The molecule has 168 valence electrons. The number of phenols is 1. The largest absolute Gasteiger partial charge is 0.508 e. The first-order valence-corrected chi connectivity index (χ1v) is 10.9. The van der Waals surface area contributed by atoms with E-state index in [1.165, 1.54) is 0 Å². The Bertz CT molecular complexity index is 1100. The van der Waals surface area contributed by atoms with Gasteiger partial charge in [0.1, 0.15) is 11.6 Å². The summed E-state index contributed by atoms with van der Waals surface area (Å²) in [6.07, 6.45) is 3.47. The topological polar surface area (TPSA) is 117 Å². The molecule has 2 fully saturated rings. The van der Waals surface area contributed by atoms with E-state index in [9.17, 15) is 9.90 Å². The van der Waals surface area contributed by atoms with Gasteiger partial charge in [0, 0.05) is 31.7 Å². The minimum Gasteiger partial charge on any atom is -0.508 e. The first-order valence-electron chi connectivity index (χ1n) is 10.9. The fourth-order valence-corrected chi connectivity index (χ4v) is 4.45. The van der Waals surface area contributed by atoms with Crippen LogP contribution in [0, 0.1) is 0 Å². The minimum atomic E-state index is -0.797. The number of ether oxygens (including phenoxy) is 1. The van der Waals surface area contributed by atoms with Crippen molar-refractivity contribution in [2.45, 2.75) is 18.9 Å². The van der Waals surface area contributed by atoms with Crippen LogP contribution < -0.4 is 4.90 Å². The molecule has 0 bridgehead atoms. The molecule has 2 aromatic heterocycles. The highest BCUT2D eigenvalue weighted by molar-refractivity contribution is 5.89. The predicted molar refractivity (Wildman–Crippen MR) is 118 cm³/mol. The first-order chi connectivity index (χ1) is 15.6. The van der Waals surface area contributed by atoms with Crippen LogP contribution in [0.1, 0.15) is 18.9 Å². The maximum Gasteiger partial charge on any atom is 0.317 e. The van der Waals surface area contributed by atoms with Gasteiger partial charge < -0.3 is 19.8 Å². The SMILES string of the molecule is O=C(O)CN1CCC(n2ncc3c(N4CCOCC4)nc(-c4ccc(O)cc4)nc32)CC1. The summed E-state index contributed by atoms with van der Waals surface area (Å²) < 4.78 is 7.49. The number of aliphatic carboxylic acids is 1. The van der Waals surface area contributed by atoms with Gasteiger partial charge in [-0.3, -0.25) is 9.69 Å². The van der Waals surface area contributed by atoms with E-state index in [-0.39, 0.29) is 18.3 Å². The van der Waals surface area contributed by atoms with E-state index in [0.717, 1.165) is 48.3 Å². The molecule has 10 nitrogen and oxygen atoms in total. The van der Waals surface area contributed by atoms with Crippen molar-refractivity contribution in [3.8, 4) is 17.1 Å². The molecule has 2 N–H and O–H groups in total. The fraction of sp³-hybridized carbons (Fsp3) is 0.455. The van der Waals surface area contributed by atoms with E-state index in [4.69, 9.17) is 24.9 Å². The molecule has 0 atom stereocenters. The highest BCUT2D eigenvalue weighted by Gasteiger charge is 2.26. The molecule has 0 amide bonds. The van der Waals surface area contributed by atoms with Gasteiger partial charge in [0.25, 0.3) is 0 Å². The molecule has 4 heterocycles. The number of benzene rings is 1. The summed E-state index contributed by atoms with van der Waals surface area (Å²) in [4.78, 5) is 24.9. The zero-order valence-electron chi connectivity index (χ0n) is 17.7. The van der Waals surface area contributed by atoms with Gasteiger partial charge in [-0.05, 0) is 37.1 Å². The normalized spacial score (nSPS) is 18.3. The summed E-state index contributed by atoms with van der Waals surface area (Å²) in [7, 11) is 0. The third-order valence-corrected chi connectivity index (χ3v) is 6.13. The van der Waals surface area contributed by atoms with Crippen molar-refractivity contribution in [2.75, 3.05) is 50.8 Å². The van der Waals surface area contributed by atoms with E-state index < -0.39 is 5.97 Å². The van der Waals surface area contributed by atoms with Crippen LogP contribution in [-0.4, -0.2) is 86.8 Å². The third kappa shape index (κ3) is 4.11. The van der Waals surface area contributed by atoms with Gasteiger partial charge >= 0.3 is 5.97 Å². The fourth-order valence-electron chi connectivity index (χ4n) is 4.45. The third-order valence-electron chi connectivity index (χ3n) is 6.13. The number of rotatable bonds is 5. The lowest BCUT2D eigenvalue weighted by Gasteiger charge is -2.31. The number of hydrogen-bond acceptors (Lipinski definition) is 8. The molecule has 32 heavy (non-hydrogen) atoms. The van der Waals surface area contributed by atoms with Crippen LogP contribution in [0.3, 0.4) is 0 Å². The van der Waals surface area contributed by atoms with Crippen LogP contribution in [0.4, 0.5) is 5.82 Å². The van der Waals surface area contributed by atoms with E-state index >= 15 is 0 Å². The average Bonchev–Trinajstić information content (AvgIpc) is 3.24. The maximum absolute atomic E-state index is 11.0. The van der Waals surface area contributed by atoms with Gasteiger partial charge in [0.05, 0.1) is 37.4 Å². The Kier molecular flexibility index (Phi) is 5.62. The maximum atomic E-state index is 11.0. The van der Waals surface area contributed by atoms with E-state index in [1.54, 1.807) is 12.1 Å². The standard InChI is InChI=1S/C22H26N6O4/c29-17-3-1-15(2-4-17)20-24-21(27-9-11-32-12-10-27)18-13-23-28(22(18)25-20)16-5-7-26(8-6-16)14-19(30)31/h1-4,13,16,29H,5-12,14H2,(H,30,31). The summed E-state index contributed by atoms with van der Waals surface area (Å²) >= 11 is 0. The number of nitrogens with zero attached hydrogens (tertiary/aromatic N) is 6. The summed E-state index contributed by atoms with van der Waals surface area (Å²) in [5.41, 5.74) is 1.60. The average molecular weight is 438 g/mol. The number of carboxylic acids is 1. The first kappa shape index (κ1) is 20.7. The van der Waals surface area contributed by atoms with Crippen molar-refractivity contribution in [1.29, 1.82) is 0 Å². The highest BCUT2D eigenvalue weighted by atomic mass is 16.5. The smallest absolute Gasteiger partial charge is 0.317 e. The van der Waals surface area contributed by atoms with Crippen molar-refractivity contribution in [1.82, 2.24) is 24.6 Å². The minimum absolute atomic E-state index is 0.0704. The molecule has 0 radical (unpaired) electrons. The monoisotopic (exact) mass is 438 g/mol. The highest BCUT2D eigenvalue weighted by Crippen LogP contribution is 2.32. The molecule has 3 aromatic rings. The van der Waals surface area contributed by atoms with E-state index in [2.05, 4.69) is 4.90 Å². The molecule has 5 rings (SSSR count). The molecular formula is C22H26N6O4. The lowest BCUT2D eigenvalue weighted by Crippen LogP contribution is -2.38.